The summed E-state index contributed by atoms with van der Waals surface area (Å²) in [5, 5.41) is 16.1. The highest BCUT2D eigenvalue weighted by atomic mass is 16.5. The Bertz CT molecular complexity index is 466. The maximum absolute atomic E-state index is 9.90. The van der Waals surface area contributed by atoms with Crippen molar-refractivity contribution in [1.82, 2.24) is 15.6 Å². The fourth-order valence-corrected chi connectivity index (χ4v) is 1.81. The maximum Gasteiger partial charge on any atom is 0.216 e. The molecule has 0 saturated heterocycles. The standard InChI is InChI=1S/C16H30N4O3/c1-6-17-16(18-7-14(21)10-22-9-11(2)3)19-8-15-20-12(4)13(5)23-15/h11,14,21H,6-10H2,1-5H3,(H2,17,18,19). The predicted molar refractivity (Wildman–Crippen MR) is 90.5 cm³/mol. The third-order valence-electron chi connectivity index (χ3n) is 3.06. The molecule has 7 nitrogen and oxygen atoms in total. The van der Waals surface area contributed by atoms with Gasteiger partial charge in [0.1, 0.15) is 12.3 Å². The Hall–Kier alpha value is -1.60. The zero-order valence-electron chi connectivity index (χ0n) is 14.8. The number of aromatic nitrogens is 1. The number of aliphatic hydroxyl groups is 1. The summed E-state index contributed by atoms with van der Waals surface area (Å²) in [4.78, 5) is 8.70. The SMILES string of the molecule is CCNC(=NCc1nc(C)c(C)o1)NCC(O)COCC(C)C. The van der Waals surface area contributed by atoms with Gasteiger partial charge in [-0.25, -0.2) is 9.98 Å². The zero-order chi connectivity index (χ0) is 17.2. The number of hydrogen-bond donors (Lipinski definition) is 3. The molecule has 0 radical (unpaired) electrons. The normalized spacial score (nSPS) is 13.4. The second-order valence-electron chi connectivity index (χ2n) is 5.91. The summed E-state index contributed by atoms with van der Waals surface area (Å²) in [6.45, 7) is 12.3. The maximum atomic E-state index is 9.90. The minimum atomic E-state index is -0.580. The third kappa shape index (κ3) is 7.99. The summed E-state index contributed by atoms with van der Waals surface area (Å²) in [5.74, 6) is 2.47. The Balaban J connectivity index is 2.42. The van der Waals surface area contributed by atoms with Crippen molar-refractivity contribution in [3.05, 3.63) is 17.3 Å². The highest BCUT2D eigenvalue weighted by Crippen LogP contribution is 2.08. The van der Waals surface area contributed by atoms with E-state index in [0.717, 1.165) is 18.0 Å². The van der Waals surface area contributed by atoms with Crippen molar-refractivity contribution in [2.24, 2.45) is 10.9 Å². The lowest BCUT2D eigenvalue weighted by Crippen LogP contribution is -2.42. The molecule has 3 N–H and O–H groups in total. The van der Waals surface area contributed by atoms with Crippen molar-refractivity contribution in [2.45, 2.75) is 47.3 Å². The van der Waals surface area contributed by atoms with E-state index in [2.05, 4.69) is 34.5 Å². The van der Waals surface area contributed by atoms with E-state index in [-0.39, 0.29) is 0 Å². The van der Waals surface area contributed by atoms with E-state index in [1.807, 2.05) is 20.8 Å². The van der Waals surface area contributed by atoms with Crippen LogP contribution in [0.3, 0.4) is 0 Å². The molecule has 0 aliphatic carbocycles. The van der Waals surface area contributed by atoms with Crippen LogP contribution in [0.15, 0.2) is 9.41 Å². The molecular formula is C16H30N4O3. The van der Waals surface area contributed by atoms with E-state index < -0.39 is 6.10 Å². The van der Waals surface area contributed by atoms with Gasteiger partial charge in [0.25, 0.3) is 0 Å². The summed E-state index contributed by atoms with van der Waals surface area (Å²) in [7, 11) is 0. The van der Waals surface area contributed by atoms with E-state index in [1.165, 1.54) is 0 Å². The quantitative estimate of drug-likeness (QED) is 0.469. The van der Waals surface area contributed by atoms with Gasteiger partial charge in [0.2, 0.25) is 5.89 Å². The lowest BCUT2D eigenvalue weighted by Gasteiger charge is -2.15. The van der Waals surface area contributed by atoms with Gasteiger partial charge in [-0.1, -0.05) is 13.8 Å². The van der Waals surface area contributed by atoms with Gasteiger partial charge in [-0.2, -0.15) is 0 Å². The fraction of sp³-hybridized carbons (Fsp3) is 0.750. The van der Waals surface area contributed by atoms with Crippen LogP contribution in [0.5, 0.6) is 0 Å². The highest BCUT2D eigenvalue weighted by Gasteiger charge is 2.08. The topological polar surface area (TPSA) is 91.9 Å². The molecule has 0 fully saturated rings. The van der Waals surface area contributed by atoms with Crippen LogP contribution in [-0.2, 0) is 11.3 Å². The number of hydrogen-bond acceptors (Lipinski definition) is 5. The van der Waals surface area contributed by atoms with Crippen molar-refractivity contribution >= 4 is 5.96 Å². The van der Waals surface area contributed by atoms with Crippen molar-refractivity contribution in [1.29, 1.82) is 0 Å². The van der Waals surface area contributed by atoms with Crippen LogP contribution in [0.2, 0.25) is 0 Å². The van der Waals surface area contributed by atoms with Crippen LogP contribution in [0, 0.1) is 19.8 Å². The number of aryl methyl sites for hydroxylation is 2. The van der Waals surface area contributed by atoms with Gasteiger partial charge in [-0.3, -0.25) is 0 Å². The first-order valence-corrected chi connectivity index (χ1v) is 8.13. The second kappa shape index (κ2) is 10.2. The summed E-state index contributed by atoms with van der Waals surface area (Å²) in [5.41, 5.74) is 0.880. The lowest BCUT2D eigenvalue weighted by molar-refractivity contribution is 0.0280. The van der Waals surface area contributed by atoms with Crippen LogP contribution >= 0.6 is 0 Å². The van der Waals surface area contributed by atoms with Gasteiger partial charge in [-0.05, 0) is 26.7 Å². The molecule has 0 bridgehead atoms. The first-order chi connectivity index (χ1) is 10.9. The summed E-state index contributed by atoms with van der Waals surface area (Å²) in [6, 6.07) is 0. The third-order valence-corrected chi connectivity index (χ3v) is 3.06. The van der Waals surface area contributed by atoms with E-state index in [0.29, 0.717) is 44.1 Å². The monoisotopic (exact) mass is 326 g/mol. The minimum Gasteiger partial charge on any atom is -0.444 e. The molecule has 0 aliphatic heterocycles. The molecule has 1 rings (SSSR count). The number of oxazole rings is 1. The summed E-state index contributed by atoms with van der Waals surface area (Å²) < 4.78 is 10.9. The molecule has 7 heteroatoms. The van der Waals surface area contributed by atoms with Gasteiger partial charge in [-0.15, -0.1) is 0 Å². The molecule has 1 atom stereocenters. The van der Waals surface area contributed by atoms with Crippen molar-refractivity contribution in [2.75, 3.05) is 26.3 Å². The molecule has 1 heterocycles. The van der Waals surface area contributed by atoms with E-state index in [9.17, 15) is 5.11 Å². The number of aliphatic imine (C=N–C) groups is 1. The molecule has 0 spiro atoms. The number of aliphatic hydroxyl groups excluding tert-OH is 1. The number of guanidine groups is 1. The molecular weight excluding hydrogens is 296 g/mol. The van der Waals surface area contributed by atoms with E-state index in [1.54, 1.807) is 0 Å². The molecule has 0 saturated carbocycles. The number of rotatable bonds is 9. The first kappa shape index (κ1) is 19.4. The van der Waals surface area contributed by atoms with Gasteiger partial charge in [0, 0.05) is 19.7 Å². The van der Waals surface area contributed by atoms with Crippen molar-refractivity contribution in [3.8, 4) is 0 Å². The van der Waals surface area contributed by atoms with Crippen molar-refractivity contribution in [3.63, 3.8) is 0 Å². The first-order valence-electron chi connectivity index (χ1n) is 8.13. The molecule has 132 valence electrons. The van der Waals surface area contributed by atoms with Crippen LogP contribution in [0.4, 0.5) is 0 Å². The smallest absolute Gasteiger partial charge is 0.216 e. The average Bonchev–Trinajstić information content (AvgIpc) is 2.80. The highest BCUT2D eigenvalue weighted by molar-refractivity contribution is 5.79. The Morgan fingerprint density at radius 1 is 1.30 bits per heavy atom. The van der Waals surface area contributed by atoms with Gasteiger partial charge < -0.3 is 24.9 Å². The molecule has 1 aromatic heterocycles. The van der Waals surface area contributed by atoms with Crippen molar-refractivity contribution < 1.29 is 14.3 Å². The molecule has 0 aromatic carbocycles. The number of ether oxygens (including phenoxy) is 1. The minimum absolute atomic E-state index is 0.308. The Labute approximate surface area is 138 Å². The van der Waals surface area contributed by atoms with Gasteiger partial charge in [0.15, 0.2) is 5.96 Å². The summed E-state index contributed by atoms with van der Waals surface area (Å²) >= 11 is 0. The molecule has 0 amide bonds. The predicted octanol–water partition coefficient (Wildman–Crippen LogP) is 1.38. The zero-order valence-corrected chi connectivity index (χ0v) is 14.8. The number of nitrogens with zero attached hydrogens (tertiary/aromatic N) is 2. The van der Waals surface area contributed by atoms with Crippen LogP contribution in [0.25, 0.3) is 0 Å². The molecule has 23 heavy (non-hydrogen) atoms. The second-order valence-corrected chi connectivity index (χ2v) is 5.91. The van der Waals surface area contributed by atoms with Gasteiger partial charge >= 0.3 is 0 Å². The molecule has 1 aromatic rings. The van der Waals surface area contributed by atoms with Crippen LogP contribution in [-0.4, -0.2) is 48.5 Å². The fourth-order valence-electron chi connectivity index (χ4n) is 1.81. The average molecular weight is 326 g/mol. The summed E-state index contributed by atoms with van der Waals surface area (Å²) in [6.07, 6.45) is -0.580. The molecule has 1 unspecified atom stereocenters. The van der Waals surface area contributed by atoms with E-state index >= 15 is 0 Å². The lowest BCUT2D eigenvalue weighted by atomic mass is 10.2. The molecule has 0 aliphatic rings. The van der Waals surface area contributed by atoms with Crippen LogP contribution < -0.4 is 10.6 Å². The Kier molecular flexibility index (Phi) is 8.65. The Morgan fingerprint density at radius 2 is 2.04 bits per heavy atom. The van der Waals surface area contributed by atoms with Crippen LogP contribution in [0.1, 0.15) is 38.1 Å². The van der Waals surface area contributed by atoms with E-state index in [4.69, 9.17) is 9.15 Å². The van der Waals surface area contributed by atoms with Gasteiger partial charge in [0.05, 0.1) is 18.4 Å². The number of nitrogens with one attached hydrogen (secondary N) is 2. The largest absolute Gasteiger partial charge is 0.444 e. The Morgan fingerprint density at radius 3 is 2.61 bits per heavy atom.